The van der Waals surface area contributed by atoms with Crippen LogP contribution in [0.15, 0.2) is 24.3 Å². The van der Waals surface area contributed by atoms with Gasteiger partial charge in [-0.15, -0.1) is 0 Å². The summed E-state index contributed by atoms with van der Waals surface area (Å²) in [6.07, 6.45) is 1.66. The predicted octanol–water partition coefficient (Wildman–Crippen LogP) is 3.19. The summed E-state index contributed by atoms with van der Waals surface area (Å²) in [5.41, 5.74) is 0.868. The Hall–Kier alpha value is -1.55. The van der Waals surface area contributed by atoms with Crippen molar-refractivity contribution >= 4 is 23.5 Å². The molecular weight excluding hydrogens is 278 g/mol. The molecule has 0 aliphatic carbocycles. The number of carbonyl (C=O) groups is 2. The first-order chi connectivity index (χ1) is 9.43. The fourth-order valence-electron chi connectivity index (χ4n) is 2.05. The molecule has 0 aromatic heterocycles. The molecule has 110 valence electrons. The van der Waals surface area contributed by atoms with E-state index in [9.17, 15) is 9.59 Å². The number of nitrogens with zero attached hydrogens (tertiary/aromatic N) is 1. The van der Waals surface area contributed by atoms with Crippen molar-refractivity contribution < 1.29 is 14.7 Å². The van der Waals surface area contributed by atoms with Crippen molar-refractivity contribution in [2.24, 2.45) is 5.92 Å². The molecule has 0 bridgehead atoms. The van der Waals surface area contributed by atoms with Crippen molar-refractivity contribution in [3.63, 3.8) is 0 Å². The van der Waals surface area contributed by atoms with Gasteiger partial charge in [0, 0.05) is 17.5 Å². The summed E-state index contributed by atoms with van der Waals surface area (Å²) >= 11 is 5.81. The molecule has 0 aliphatic heterocycles. The summed E-state index contributed by atoms with van der Waals surface area (Å²) in [5, 5.41) is 9.57. The highest BCUT2D eigenvalue weighted by molar-refractivity contribution is 6.30. The van der Waals surface area contributed by atoms with Crippen LogP contribution >= 0.6 is 11.6 Å². The Balaban J connectivity index is 2.80. The Morgan fingerprint density at radius 3 is 2.40 bits per heavy atom. The van der Waals surface area contributed by atoms with E-state index in [1.165, 1.54) is 4.90 Å². The Morgan fingerprint density at radius 2 is 1.90 bits per heavy atom. The SMILES string of the molecule is CCCC(C)C(=O)N(CC(=O)O)Cc1ccc(Cl)cc1. The van der Waals surface area contributed by atoms with Gasteiger partial charge in [0.2, 0.25) is 5.91 Å². The maximum atomic E-state index is 12.3. The van der Waals surface area contributed by atoms with E-state index < -0.39 is 5.97 Å². The Bertz CT molecular complexity index is 459. The minimum Gasteiger partial charge on any atom is -0.480 e. The smallest absolute Gasteiger partial charge is 0.323 e. The first-order valence-electron chi connectivity index (χ1n) is 6.69. The molecule has 0 fully saturated rings. The molecule has 0 spiro atoms. The summed E-state index contributed by atoms with van der Waals surface area (Å²) in [7, 11) is 0. The van der Waals surface area contributed by atoms with Crippen LogP contribution < -0.4 is 0 Å². The fraction of sp³-hybridized carbons (Fsp3) is 0.467. The van der Waals surface area contributed by atoms with Crippen molar-refractivity contribution in [1.29, 1.82) is 0 Å². The highest BCUT2D eigenvalue weighted by Gasteiger charge is 2.22. The average Bonchev–Trinajstić information content (AvgIpc) is 2.39. The molecule has 1 amide bonds. The van der Waals surface area contributed by atoms with Crippen molar-refractivity contribution in [2.45, 2.75) is 33.2 Å². The minimum atomic E-state index is -1.00. The summed E-state index contributed by atoms with van der Waals surface area (Å²) in [5.74, 6) is -1.29. The molecule has 0 radical (unpaired) electrons. The maximum absolute atomic E-state index is 12.3. The fourth-order valence-corrected chi connectivity index (χ4v) is 2.18. The first-order valence-corrected chi connectivity index (χ1v) is 7.06. The topological polar surface area (TPSA) is 57.6 Å². The lowest BCUT2D eigenvalue weighted by molar-refractivity contribution is -0.146. The molecule has 0 heterocycles. The van der Waals surface area contributed by atoms with E-state index in [0.29, 0.717) is 5.02 Å². The van der Waals surface area contributed by atoms with Crippen LogP contribution in [-0.4, -0.2) is 28.4 Å². The molecule has 0 saturated heterocycles. The quantitative estimate of drug-likeness (QED) is 0.841. The van der Waals surface area contributed by atoms with Crippen molar-refractivity contribution in [3.8, 4) is 0 Å². The van der Waals surface area contributed by atoms with Crippen LogP contribution in [0.4, 0.5) is 0 Å². The number of aliphatic carboxylic acids is 1. The third kappa shape index (κ3) is 5.21. The van der Waals surface area contributed by atoms with Crippen LogP contribution in [0.5, 0.6) is 0 Å². The second-order valence-electron chi connectivity index (χ2n) is 4.90. The molecule has 1 unspecified atom stereocenters. The molecule has 1 rings (SSSR count). The summed E-state index contributed by atoms with van der Waals surface area (Å²) < 4.78 is 0. The first kappa shape index (κ1) is 16.5. The van der Waals surface area contributed by atoms with E-state index in [1.807, 2.05) is 13.8 Å². The molecule has 1 N–H and O–H groups in total. The largest absolute Gasteiger partial charge is 0.480 e. The number of hydrogen-bond acceptors (Lipinski definition) is 2. The standard InChI is InChI=1S/C15H20ClNO3/c1-3-4-11(2)15(20)17(10-14(18)19)9-12-5-7-13(16)8-6-12/h5-8,11H,3-4,9-10H2,1-2H3,(H,18,19). The second kappa shape index (κ2) is 7.90. The number of carboxylic acid groups (broad SMARTS) is 1. The molecule has 5 heteroatoms. The third-order valence-corrected chi connectivity index (χ3v) is 3.32. The second-order valence-corrected chi connectivity index (χ2v) is 5.34. The summed E-state index contributed by atoms with van der Waals surface area (Å²) in [6, 6.07) is 7.06. The number of rotatable bonds is 7. The van der Waals surface area contributed by atoms with Crippen LogP contribution in [0.25, 0.3) is 0 Å². The molecule has 4 nitrogen and oxygen atoms in total. The van der Waals surface area contributed by atoms with Crippen molar-refractivity contribution in [1.82, 2.24) is 4.90 Å². The monoisotopic (exact) mass is 297 g/mol. The Labute approximate surface area is 124 Å². The van der Waals surface area contributed by atoms with Gasteiger partial charge in [0.25, 0.3) is 0 Å². The Morgan fingerprint density at radius 1 is 1.30 bits per heavy atom. The molecule has 1 atom stereocenters. The summed E-state index contributed by atoms with van der Waals surface area (Å²) in [4.78, 5) is 24.6. The minimum absolute atomic E-state index is 0.121. The lowest BCUT2D eigenvalue weighted by Crippen LogP contribution is -2.38. The zero-order valence-electron chi connectivity index (χ0n) is 11.8. The van der Waals surface area contributed by atoms with Gasteiger partial charge >= 0.3 is 5.97 Å². The molecule has 0 saturated carbocycles. The van der Waals surface area contributed by atoms with Gasteiger partial charge in [0.05, 0.1) is 0 Å². The van der Waals surface area contributed by atoms with E-state index in [1.54, 1.807) is 24.3 Å². The van der Waals surface area contributed by atoms with Gasteiger partial charge in [-0.3, -0.25) is 9.59 Å². The van der Waals surface area contributed by atoms with Gasteiger partial charge in [-0.05, 0) is 24.1 Å². The van der Waals surface area contributed by atoms with Gasteiger partial charge in [0.1, 0.15) is 6.54 Å². The lowest BCUT2D eigenvalue weighted by Gasteiger charge is -2.24. The van der Waals surface area contributed by atoms with Crippen LogP contribution in [0.1, 0.15) is 32.3 Å². The number of carboxylic acids is 1. The summed E-state index contributed by atoms with van der Waals surface area (Å²) in [6.45, 7) is 3.85. The van der Waals surface area contributed by atoms with E-state index >= 15 is 0 Å². The number of hydrogen-bond donors (Lipinski definition) is 1. The number of benzene rings is 1. The molecular formula is C15H20ClNO3. The molecule has 1 aromatic rings. The zero-order valence-corrected chi connectivity index (χ0v) is 12.6. The van der Waals surface area contributed by atoms with Gasteiger partial charge < -0.3 is 10.0 Å². The highest BCUT2D eigenvalue weighted by atomic mass is 35.5. The van der Waals surface area contributed by atoms with Crippen molar-refractivity contribution in [2.75, 3.05) is 6.54 Å². The van der Waals surface area contributed by atoms with Crippen molar-refractivity contribution in [3.05, 3.63) is 34.9 Å². The molecule has 1 aromatic carbocycles. The zero-order chi connectivity index (χ0) is 15.1. The van der Waals surface area contributed by atoms with E-state index in [2.05, 4.69) is 0 Å². The van der Waals surface area contributed by atoms with E-state index in [-0.39, 0.29) is 24.9 Å². The molecule has 20 heavy (non-hydrogen) atoms. The van der Waals surface area contributed by atoms with Gasteiger partial charge in [-0.1, -0.05) is 44.0 Å². The highest BCUT2D eigenvalue weighted by Crippen LogP contribution is 2.15. The van der Waals surface area contributed by atoms with Crippen LogP contribution in [0.2, 0.25) is 5.02 Å². The van der Waals surface area contributed by atoms with Gasteiger partial charge in [-0.2, -0.15) is 0 Å². The predicted molar refractivity (Wildman–Crippen MR) is 78.6 cm³/mol. The number of halogens is 1. The lowest BCUT2D eigenvalue weighted by atomic mass is 10.0. The van der Waals surface area contributed by atoms with Gasteiger partial charge in [0.15, 0.2) is 0 Å². The third-order valence-electron chi connectivity index (χ3n) is 3.07. The van der Waals surface area contributed by atoms with Crippen LogP contribution in [0, 0.1) is 5.92 Å². The van der Waals surface area contributed by atoms with E-state index in [0.717, 1.165) is 18.4 Å². The Kier molecular flexibility index (Phi) is 6.52. The van der Waals surface area contributed by atoms with Gasteiger partial charge in [-0.25, -0.2) is 0 Å². The van der Waals surface area contributed by atoms with Crippen LogP contribution in [0.3, 0.4) is 0 Å². The average molecular weight is 298 g/mol. The normalized spacial score (nSPS) is 11.9. The number of carbonyl (C=O) groups excluding carboxylic acids is 1. The van der Waals surface area contributed by atoms with E-state index in [4.69, 9.17) is 16.7 Å². The van der Waals surface area contributed by atoms with Crippen LogP contribution in [-0.2, 0) is 16.1 Å². The molecule has 0 aliphatic rings. The number of amides is 1. The maximum Gasteiger partial charge on any atom is 0.323 e.